The van der Waals surface area contributed by atoms with Crippen LogP contribution in [0, 0.1) is 13.8 Å². The normalized spacial score (nSPS) is 10.9. The Labute approximate surface area is 177 Å². The van der Waals surface area contributed by atoms with E-state index in [0.717, 1.165) is 11.3 Å². The van der Waals surface area contributed by atoms with E-state index in [1.165, 1.54) is 11.3 Å². The number of hydrogen-bond donors (Lipinski definition) is 1. The molecule has 1 amide bonds. The number of amides is 1. The maximum atomic E-state index is 13.5. The van der Waals surface area contributed by atoms with Crippen molar-refractivity contribution < 1.29 is 9.53 Å². The first-order valence-electron chi connectivity index (χ1n) is 9.49. The summed E-state index contributed by atoms with van der Waals surface area (Å²) in [6, 6.07) is 14.9. The van der Waals surface area contributed by atoms with Crippen molar-refractivity contribution in [3.05, 3.63) is 70.1 Å². The van der Waals surface area contributed by atoms with Crippen LogP contribution < -0.4 is 10.9 Å². The number of nitrogens with zero attached hydrogens (tertiary/aromatic N) is 3. The first-order chi connectivity index (χ1) is 14.5. The highest BCUT2D eigenvalue weighted by Crippen LogP contribution is 2.33. The van der Waals surface area contributed by atoms with Crippen LogP contribution in [0.4, 0.5) is 9.93 Å². The van der Waals surface area contributed by atoms with Gasteiger partial charge < -0.3 is 4.74 Å². The zero-order chi connectivity index (χ0) is 21.3. The molecule has 8 heteroatoms. The Morgan fingerprint density at radius 1 is 1.10 bits per heavy atom. The van der Waals surface area contributed by atoms with Gasteiger partial charge in [-0.05, 0) is 44.5 Å². The molecule has 0 spiro atoms. The van der Waals surface area contributed by atoms with Gasteiger partial charge in [-0.25, -0.2) is 14.8 Å². The molecule has 0 aliphatic rings. The summed E-state index contributed by atoms with van der Waals surface area (Å²) in [5, 5.41) is 3.55. The maximum Gasteiger partial charge on any atom is 0.413 e. The fraction of sp³-hybridized carbons (Fsp3) is 0.182. The number of carbonyl (C=O) groups excluding carboxylic acids is 1. The smallest absolute Gasteiger partial charge is 0.413 e. The van der Waals surface area contributed by atoms with Gasteiger partial charge in [0.25, 0.3) is 5.56 Å². The Kier molecular flexibility index (Phi) is 5.33. The number of aryl methyl sites for hydroxylation is 2. The summed E-state index contributed by atoms with van der Waals surface area (Å²) in [5.74, 6) is 0.486. The van der Waals surface area contributed by atoms with E-state index in [0.29, 0.717) is 32.4 Å². The number of anilines is 1. The Balaban J connectivity index is 1.96. The Morgan fingerprint density at radius 2 is 1.83 bits per heavy atom. The lowest BCUT2D eigenvalue weighted by Gasteiger charge is -2.15. The molecule has 2 heterocycles. The summed E-state index contributed by atoms with van der Waals surface area (Å²) in [6.07, 6.45) is -0.569. The van der Waals surface area contributed by atoms with Gasteiger partial charge in [0.2, 0.25) is 0 Å². The minimum Gasteiger partial charge on any atom is -0.450 e. The second-order valence-electron chi connectivity index (χ2n) is 6.66. The fourth-order valence-corrected chi connectivity index (χ4v) is 4.17. The summed E-state index contributed by atoms with van der Waals surface area (Å²) in [5.41, 5.74) is 2.82. The molecule has 2 aromatic carbocycles. The summed E-state index contributed by atoms with van der Waals surface area (Å²) in [6.45, 7) is 5.78. The quantitative estimate of drug-likeness (QED) is 0.517. The van der Waals surface area contributed by atoms with Crippen molar-refractivity contribution in [1.29, 1.82) is 0 Å². The highest BCUT2D eigenvalue weighted by molar-refractivity contribution is 7.19. The van der Waals surface area contributed by atoms with Crippen molar-refractivity contribution in [2.75, 3.05) is 11.9 Å². The van der Waals surface area contributed by atoms with Crippen molar-refractivity contribution in [2.45, 2.75) is 20.8 Å². The van der Waals surface area contributed by atoms with Crippen LogP contribution in [0.2, 0.25) is 0 Å². The number of carbonyl (C=O) groups is 1. The monoisotopic (exact) mass is 420 g/mol. The molecule has 0 atom stereocenters. The average molecular weight is 420 g/mol. The molecule has 0 saturated heterocycles. The molecular formula is C22H20N4O3S. The third-order valence-electron chi connectivity index (χ3n) is 4.62. The minimum atomic E-state index is -0.569. The number of para-hydroxylation sites is 2. The molecule has 0 bridgehead atoms. The molecule has 0 radical (unpaired) electrons. The van der Waals surface area contributed by atoms with Crippen molar-refractivity contribution in [1.82, 2.24) is 14.5 Å². The van der Waals surface area contributed by atoms with Gasteiger partial charge in [-0.15, -0.1) is 0 Å². The zero-order valence-corrected chi connectivity index (χ0v) is 17.6. The van der Waals surface area contributed by atoms with Crippen molar-refractivity contribution >= 4 is 33.5 Å². The second kappa shape index (κ2) is 8.08. The molecule has 0 saturated carbocycles. The van der Waals surface area contributed by atoms with E-state index >= 15 is 0 Å². The van der Waals surface area contributed by atoms with Crippen LogP contribution in [0.5, 0.6) is 0 Å². The number of fused-ring (bicyclic) bond motifs is 1. The number of ether oxygens (including phenoxy) is 1. The fourth-order valence-electron chi connectivity index (χ4n) is 3.23. The molecule has 0 aliphatic heterocycles. The molecule has 4 rings (SSSR count). The third-order valence-corrected chi connectivity index (χ3v) is 5.68. The van der Waals surface area contributed by atoms with Crippen molar-refractivity contribution in [3.8, 4) is 16.4 Å². The molecule has 0 aliphatic carbocycles. The van der Waals surface area contributed by atoms with Crippen LogP contribution in [0.15, 0.2) is 53.3 Å². The minimum absolute atomic E-state index is 0.155. The van der Waals surface area contributed by atoms with E-state index in [-0.39, 0.29) is 12.2 Å². The first-order valence-corrected chi connectivity index (χ1v) is 10.3. The van der Waals surface area contributed by atoms with Gasteiger partial charge in [-0.2, -0.15) is 0 Å². The summed E-state index contributed by atoms with van der Waals surface area (Å²) < 4.78 is 6.55. The standard InChI is InChI=1S/C22H20N4O3S/c1-4-29-22(28)25-21-23-14(3)18(30-21)19-24-16-11-7-6-10-15(16)20(27)26(19)17-12-8-5-9-13(17)2/h5-12H,4H2,1-3H3,(H,23,25,28). The summed E-state index contributed by atoms with van der Waals surface area (Å²) in [4.78, 5) is 35.2. The van der Waals surface area contributed by atoms with Gasteiger partial charge in [0.1, 0.15) is 0 Å². The molecule has 152 valence electrons. The van der Waals surface area contributed by atoms with E-state index in [9.17, 15) is 9.59 Å². The number of aromatic nitrogens is 3. The van der Waals surface area contributed by atoms with Crippen LogP contribution in [-0.2, 0) is 4.74 Å². The number of rotatable bonds is 4. The number of hydrogen-bond acceptors (Lipinski definition) is 6. The van der Waals surface area contributed by atoms with Gasteiger partial charge >= 0.3 is 6.09 Å². The van der Waals surface area contributed by atoms with Crippen LogP contribution in [0.3, 0.4) is 0 Å². The lowest BCUT2D eigenvalue weighted by molar-refractivity contribution is 0.168. The molecule has 1 N–H and O–H groups in total. The maximum absolute atomic E-state index is 13.5. The van der Waals surface area contributed by atoms with Crippen LogP contribution in [0.1, 0.15) is 18.2 Å². The van der Waals surface area contributed by atoms with E-state index in [4.69, 9.17) is 9.72 Å². The molecule has 2 aromatic heterocycles. The van der Waals surface area contributed by atoms with Crippen LogP contribution in [-0.4, -0.2) is 27.2 Å². The number of thiazole rings is 1. The predicted octanol–water partition coefficient (Wildman–Crippen LogP) is 4.69. The first kappa shape index (κ1) is 19.8. The molecule has 7 nitrogen and oxygen atoms in total. The van der Waals surface area contributed by atoms with Crippen molar-refractivity contribution in [3.63, 3.8) is 0 Å². The van der Waals surface area contributed by atoms with Gasteiger partial charge in [-0.1, -0.05) is 41.7 Å². The Hall–Kier alpha value is -3.52. The van der Waals surface area contributed by atoms with E-state index in [2.05, 4.69) is 10.3 Å². The molecule has 0 unspecified atom stereocenters. The van der Waals surface area contributed by atoms with E-state index in [1.807, 2.05) is 56.3 Å². The van der Waals surface area contributed by atoms with Crippen LogP contribution in [0.25, 0.3) is 27.3 Å². The van der Waals surface area contributed by atoms with Crippen molar-refractivity contribution in [2.24, 2.45) is 0 Å². The zero-order valence-electron chi connectivity index (χ0n) is 16.8. The number of benzene rings is 2. The van der Waals surface area contributed by atoms with Gasteiger partial charge in [0, 0.05) is 0 Å². The van der Waals surface area contributed by atoms with Gasteiger partial charge in [0.15, 0.2) is 11.0 Å². The molecule has 0 fully saturated rings. The van der Waals surface area contributed by atoms with E-state index < -0.39 is 6.09 Å². The molecule has 30 heavy (non-hydrogen) atoms. The van der Waals surface area contributed by atoms with Gasteiger partial charge in [0.05, 0.1) is 33.8 Å². The largest absolute Gasteiger partial charge is 0.450 e. The lowest BCUT2D eigenvalue weighted by Crippen LogP contribution is -2.22. The average Bonchev–Trinajstić information content (AvgIpc) is 3.08. The van der Waals surface area contributed by atoms with Crippen LogP contribution >= 0.6 is 11.3 Å². The van der Waals surface area contributed by atoms with Gasteiger partial charge in [-0.3, -0.25) is 14.7 Å². The van der Waals surface area contributed by atoms with E-state index in [1.54, 1.807) is 17.6 Å². The summed E-state index contributed by atoms with van der Waals surface area (Å²) >= 11 is 1.25. The highest BCUT2D eigenvalue weighted by atomic mass is 32.1. The second-order valence-corrected chi connectivity index (χ2v) is 7.66. The Bertz CT molecular complexity index is 1310. The third kappa shape index (κ3) is 3.57. The SMILES string of the molecule is CCOC(=O)Nc1nc(C)c(-c2nc3ccccc3c(=O)n2-c2ccccc2C)s1. The number of nitrogens with one attached hydrogen (secondary N) is 1. The molecular weight excluding hydrogens is 400 g/mol. The lowest BCUT2D eigenvalue weighted by atomic mass is 10.1. The predicted molar refractivity (Wildman–Crippen MR) is 119 cm³/mol. The highest BCUT2D eigenvalue weighted by Gasteiger charge is 2.20. The topological polar surface area (TPSA) is 86.1 Å². The Morgan fingerprint density at radius 3 is 2.60 bits per heavy atom. The molecule has 4 aromatic rings. The summed E-state index contributed by atoms with van der Waals surface area (Å²) in [7, 11) is 0.